The number of benzene rings is 7. The molecule has 7 aromatic rings. The van der Waals surface area contributed by atoms with E-state index in [1.54, 1.807) is 6.07 Å². The van der Waals surface area contributed by atoms with E-state index in [-0.39, 0.29) is 76.7 Å². The van der Waals surface area contributed by atoms with Crippen molar-refractivity contribution in [1.29, 1.82) is 0 Å². The molecule has 0 radical (unpaired) electrons. The fraction of sp³-hybridized carbons (Fsp3) is 0.570. The quantitative estimate of drug-likeness (QED) is 0.0106. The molecule has 5 fully saturated rings. The molecule has 28 heteroatoms. The highest BCUT2D eigenvalue weighted by Gasteiger charge is 2.60. The van der Waals surface area contributed by atoms with E-state index >= 15 is 8.42 Å². The number of hydrogen-bond acceptors (Lipinski definition) is 25. The smallest absolute Gasteiger partial charge is 0.424 e. The third kappa shape index (κ3) is 34.3. The predicted molar refractivity (Wildman–Crippen MR) is 508 cm³/mol. The maximum absolute atomic E-state index is 15.1. The summed E-state index contributed by atoms with van der Waals surface area (Å²) in [6.07, 6.45) is 1.76. The van der Waals surface area contributed by atoms with Crippen molar-refractivity contribution in [1.82, 2.24) is 10.0 Å². The molecule has 5 saturated heterocycles. The van der Waals surface area contributed by atoms with Gasteiger partial charge in [0.15, 0.2) is 37.4 Å². The molecule has 1 amide bonds. The summed E-state index contributed by atoms with van der Waals surface area (Å²) in [6.45, 7) is 2.01. The first kappa shape index (κ1) is 106. The number of carbonyl (C=O) groups is 2. The minimum absolute atomic E-state index is 0.0111. The minimum atomic E-state index is -4.73. The second-order valence-corrected chi connectivity index (χ2v) is 37.7. The van der Waals surface area contributed by atoms with Gasteiger partial charge in [0, 0.05) is 6.42 Å². The summed E-state index contributed by atoms with van der Waals surface area (Å²) in [5.74, 6) is -0.171. The fourth-order valence-corrected chi connectivity index (χ4v) is 19.2. The molecule has 7 aromatic carbocycles. The zero-order valence-electron chi connectivity index (χ0n) is 78.5. The van der Waals surface area contributed by atoms with Crippen LogP contribution in [0.4, 0.5) is 4.79 Å². The number of nitrogens with one attached hydrogen (secondary N) is 2. The van der Waals surface area contributed by atoms with Crippen LogP contribution in [-0.4, -0.2) is 214 Å². The molecule has 12 rings (SSSR count). The predicted octanol–water partition coefficient (Wildman–Crippen LogP) is 16.4. The van der Waals surface area contributed by atoms with Crippen LogP contribution in [0.2, 0.25) is 0 Å². The first-order valence-corrected chi connectivity index (χ1v) is 50.9. The summed E-state index contributed by atoms with van der Waals surface area (Å²) < 4.78 is 142. The molecule has 27 nitrogen and oxygen atoms in total. The number of rotatable bonds is 63. The van der Waals surface area contributed by atoms with Crippen molar-refractivity contribution in [2.24, 2.45) is 0 Å². The Morgan fingerprint density at radius 1 is 0.393 bits per heavy atom. The lowest BCUT2D eigenvalue weighted by Crippen LogP contribution is -2.70. The number of hydrogen-bond donors (Lipinski definition) is 7. The van der Waals surface area contributed by atoms with Gasteiger partial charge in [0.1, 0.15) is 85.4 Å². The van der Waals surface area contributed by atoms with Crippen LogP contribution in [0.15, 0.2) is 229 Å². The third-order valence-corrected chi connectivity index (χ3v) is 26.9. The molecular weight excluding hydrogens is 1750 g/mol. The van der Waals surface area contributed by atoms with E-state index in [2.05, 4.69) is 30.0 Å². The van der Waals surface area contributed by atoms with Crippen LogP contribution in [0.5, 0.6) is 0 Å². The summed E-state index contributed by atoms with van der Waals surface area (Å²) in [7, 11) is -4.73. The lowest BCUT2D eigenvalue weighted by molar-refractivity contribution is -0.389. The van der Waals surface area contributed by atoms with Crippen LogP contribution in [0.3, 0.4) is 0 Å². The molecule has 5 aliphatic heterocycles. The lowest BCUT2D eigenvalue weighted by Gasteiger charge is -2.51. The molecule has 0 bridgehead atoms. The van der Waals surface area contributed by atoms with E-state index in [9.17, 15) is 35.1 Å². The van der Waals surface area contributed by atoms with Crippen LogP contribution in [0, 0.1) is 0 Å². The molecule has 0 saturated carbocycles. The lowest BCUT2D eigenvalue weighted by atomic mass is 9.94. The van der Waals surface area contributed by atoms with Crippen LogP contribution < -0.4 is 10.0 Å². The molecule has 22 atom stereocenters. The van der Waals surface area contributed by atoms with Gasteiger partial charge in [0.25, 0.3) is 0 Å². The molecule has 7 N–H and O–H groups in total. The van der Waals surface area contributed by atoms with Crippen molar-refractivity contribution in [3.8, 4) is 0 Å². The summed E-state index contributed by atoms with van der Waals surface area (Å²) in [6, 6.07) is 61.5. The highest BCUT2D eigenvalue weighted by Crippen LogP contribution is 2.41. The Morgan fingerprint density at radius 2 is 0.785 bits per heavy atom. The van der Waals surface area contributed by atoms with E-state index < -0.39 is 164 Å². The number of ether oxygens (including phenoxy) is 16. The number of sulfonamides is 1. The Morgan fingerprint density at radius 3 is 1.27 bits per heavy atom. The number of amides is 1. The Kier molecular flexibility index (Phi) is 46.3. The maximum Gasteiger partial charge on any atom is 0.509 e. The summed E-state index contributed by atoms with van der Waals surface area (Å²) in [5.41, 5.74) is 4.67. The highest BCUT2D eigenvalue weighted by molar-refractivity contribution is 7.89. The monoisotopic (exact) mass is 1890 g/mol. The molecule has 5 aliphatic rings. The van der Waals surface area contributed by atoms with Crippen molar-refractivity contribution in [2.75, 3.05) is 33.0 Å². The van der Waals surface area contributed by atoms with Crippen LogP contribution in [0.25, 0.3) is 0 Å². The molecule has 135 heavy (non-hydrogen) atoms. The zero-order chi connectivity index (χ0) is 94.5. The van der Waals surface area contributed by atoms with Crippen molar-refractivity contribution in [3.63, 3.8) is 0 Å². The van der Waals surface area contributed by atoms with Gasteiger partial charge in [-0.05, 0) is 64.8 Å². The largest absolute Gasteiger partial charge is 0.509 e. The van der Waals surface area contributed by atoms with Gasteiger partial charge in [-0.15, -0.1) is 0 Å². The molecular formula is C107H146N2O25S. The summed E-state index contributed by atoms with van der Waals surface area (Å²) >= 11 is 0. The normalized spacial score (nSPS) is 26.3. The Labute approximate surface area is 798 Å². The minimum Gasteiger partial charge on any atom is -0.424 e. The van der Waals surface area contributed by atoms with Gasteiger partial charge in [0.2, 0.25) is 15.9 Å². The number of fused-ring (bicyclic) bond motifs is 1. The average molecular weight is 1890 g/mol. The Bertz CT molecular complexity index is 4510. The van der Waals surface area contributed by atoms with Crippen molar-refractivity contribution >= 4 is 22.1 Å². The molecule has 0 aromatic heterocycles. The van der Waals surface area contributed by atoms with E-state index in [1.165, 1.54) is 133 Å². The number of unbranched alkanes of at least 4 members (excludes halogenated alkanes) is 23. The first-order chi connectivity index (χ1) is 66.2. The van der Waals surface area contributed by atoms with Gasteiger partial charge < -0.3 is 107 Å². The average Bonchev–Trinajstić information content (AvgIpc) is 1.76. The third-order valence-electron chi connectivity index (χ3n) is 25.5. The molecule has 0 aliphatic carbocycles. The molecule has 0 spiro atoms. The second-order valence-electron chi connectivity index (χ2n) is 36.0. The molecule has 5 heterocycles. The van der Waals surface area contributed by atoms with Crippen LogP contribution >= 0.6 is 0 Å². The van der Waals surface area contributed by atoms with Gasteiger partial charge in [-0.2, -0.15) is 0 Å². The highest BCUT2D eigenvalue weighted by atomic mass is 32.2. The van der Waals surface area contributed by atoms with Crippen LogP contribution in [0.1, 0.15) is 214 Å². The first-order valence-electron chi connectivity index (χ1n) is 49.4. The summed E-state index contributed by atoms with van der Waals surface area (Å²) in [5, 5.41) is 63.6. The van der Waals surface area contributed by atoms with Gasteiger partial charge in [-0.25, -0.2) is 17.9 Å². The van der Waals surface area contributed by atoms with Crippen LogP contribution in [-0.2, 0) is 130 Å². The van der Waals surface area contributed by atoms with Gasteiger partial charge in [-0.3, -0.25) is 4.79 Å². The van der Waals surface area contributed by atoms with E-state index in [1.807, 2.05) is 188 Å². The fourth-order valence-electron chi connectivity index (χ4n) is 17.9. The van der Waals surface area contributed by atoms with E-state index in [0.29, 0.717) is 17.5 Å². The number of aliphatic hydroxyl groups excluding tert-OH is 5. The number of carbonyl (C=O) groups excluding carboxylic acids is 2. The van der Waals surface area contributed by atoms with Gasteiger partial charge in [-0.1, -0.05) is 367 Å². The standard InChI is InChI=1S/C107H146N2O25S/c1-3-5-7-9-11-13-15-17-19-21-23-25-48-64-85(121-70-79-54-38-29-39-55-79)84(108-90(112)65-49-26-24-22-20-18-16-14-12-10-8-6-4-2)74-125-104-93(114)99(122-71-80-56-40-30-41-57-80)96(88(128-104)75-119-68-77-50-34-27-35-51-77)131-106-102(124-73-82-60-44-32-45-61-82)101(123-72-81-58-42-31-43-59-81)97(89(129-106)76-120-69-78-52-36-28-37-53-78)130-103-91(109-135(117,118)83-62-46-33-47-63-83)98(92(113)86(66-110)126-103)132-105-94(115)100-95(87(67-111)127-105)133-107(116)134-100/h27-48,50-64,84-89,91-106,109-111,113-115H,3-26,49,65-76H2,1-2H3,(H,108,112)/b64-48+/t84-,85+,86+,87+,88+,89+,91+,92-,93+,94+,95-,96+,97-,98+,99+,100+,101-,102+,103-,104+,105-,106-/m0/s1. The SMILES string of the molecule is CCCCCCCCCCCCC/C=C/[C@@H](OCc1ccccc1)[C@H](CO[C@@H]1O[C@H](COCc2ccccc2)[C@@H](O[C@@H]2O[C@H](COCc3ccccc3)[C@H](O[C@@H]3O[C@H](CO)[C@H](O)[C@H](O[C@@H]4O[C@H](CO)[C@@H]5OC(=O)O[C@@H]5[C@H]4O)[C@H]3NS(=O)(=O)c3ccccc3)[C@H](OCc3ccccc3)[C@H]2OCc2ccccc2)[C@H](OCc2ccccc2)[C@H]1O)NC(=O)CCCCCCCCCCCCCCC. The molecule has 0 unspecified atom stereocenters. The second kappa shape index (κ2) is 58.9. The molecule has 740 valence electrons. The van der Waals surface area contributed by atoms with E-state index in [0.717, 1.165) is 67.2 Å². The number of allylic oxidation sites excluding steroid dienone is 1. The van der Waals surface area contributed by atoms with Crippen molar-refractivity contribution in [2.45, 2.75) is 360 Å². The topological polar surface area (TPSA) is 341 Å². The maximum atomic E-state index is 15.1. The van der Waals surface area contributed by atoms with Gasteiger partial charge in [0.05, 0.1) is 89.7 Å². The Balaban J connectivity index is 0.906. The zero-order valence-corrected chi connectivity index (χ0v) is 79.4. The number of aliphatic hydroxyl groups is 5. The van der Waals surface area contributed by atoms with E-state index in [4.69, 9.17) is 75.8 Å². The van der Waals surface area contributed by atoms with Gasteiger partial charge >= 0.3 is 6.16 Å². The van der Waals surface area contributed by atoms with Crippen molar-refractivity contribution in [3.05, 3.63) is 258 Å². The van der Waals surface area contributed by atoms with Crippen molar-refractivity contribution < 1.29 is 119 Å². The Hall–Kier alpha value is -7.83. The summed E-state index contributed by atoms with van der Waals surface area (Å²) in [4.78, 5) is 27.2.